The topological polar surface area (TPSA) is 17.1 Å². The molecular weight excluding hydrogens is 290 g/mol. The summed E-state index contributed by atoms with van der Waals surface area (Å²) in [6, 6.07) is 10.0. The van der Waals surface area contributed by atoms with Gasteiger partial charge in [-0.25, -0.2) is 8.78 Å². The Morgan fingerprint density at radius 1 is 1.00 bits per heavy atom. The van der Waals surface area contributed by atoms with Crippen molar-refractivity contribution < 1.29 is 13.6 Å². The maximum atomic E-state index is 13.4. The number of hydrogen-bond donors (Lipinski definition) is 0. The number of ketones is 1. The van der Waals surface area contributed by atoms with Crippen molar-refractivity contribution >= 4 is 21.7 Å². The first-order chi connectivity index (χ1) is 8.09. The van der Waals surface area contributed by atoms with Gasteiger partial charge >= 0.3 is 0 Å². The molecule has 2 aromatic carbocycles. The minimum atomic E-state index is -1.11. The van der Waals surface area contributed by atoms with E-state index < -0.39 is 17.4 Å². The maximum Gasteiger partial charge on any atom is 0.196 e. The molecule has 0 bridgehead atoms. The van der Waals surface area contributed by atoms with Crippen molar-refractivity contribution in [2.45, 2.75) is 0 Å². The van der Waals surface area contributed by atoms with Crippen LogP contribution in [0.3, 0.4) is 0 Å². The SMILES string of the molecule is O=C(c1ccc(Br)cc1)c1cccc(F)c1F. The van der Waals surface area contributed by atoms with Gasteiger partial charge in [0, 0.05) is 10.0 Å². The van der Waals surface area contributed by atoms with Gasteiger partial charge in [0.2, 0.25) is 0 Å². The lowest BCUT2D eigenvalue weighted by atomic mass is 10.0. The van der Waals surface area contributed by atoms with E-state index in [0.29, 0.717) is 5.56 Å². The van der Waals surface area contributed by atoms with Crippen molar-refractivity contribution in [2.24, 2.45) is 0 Å². The number of hydrogen-bond acceptors (Lipinski definition) is 1. The van der Waals surface area contributed by atoms with Gasteiger partial charge in [0.15, 0.2) is 17.4 Å². The van der Waals surface area contributed by atoms with Gasteiger partial charge in [-0.05, 0) is 36.4 Å². The number of benzene rings is 2. The standard InChI is InChI=1S/C13H7BrF2O/c14-9-6-4-8(5-7-9)13(17)10-2-1-3-11(15)12(10)16/h1-7H. The zero-order valence-electron chi connectivity index (χ0n) is 8.58. The number of carbonyl (C=O) groups excluding carboxylic acids is 1. The van der Waals surface area contributed by atoms with Gasteiger partial charge in [-0.1, -0.05) is 22.0 Å². The molecule has 0 aliphatic rings. The van der Waals surface area contributed by atoms with Crippen molar-refractivity contribution in [3.05, 3.63) is 69.7 Å². The summed E-state index contributed by atoms with van der Waals surface area (Å²) in [5.74, 6) is -2.66. The van der Waals surface area contributed by atoms with Crippen molar-refractivity contribution in [3.8, 4) is 0 Å². The molecule has 0 fully saturated rings. The zero-order valence-corrected chi connectivity index (χ0v) is 10.2. The van der Waals surface area contributed by atoms with E-state index in [-0.39, 0.29) is 5.56 Å². The van der Waals surface area contributed by atoms with E-state index >= 15 is 0 Å². The predicted molar refractivity (Wildman–Crippen MR) is 63.9 cm³/mol. The Hall–Kier alpha value is -1.55. The first kappa shape index (κ1) is 11.9. The van der Waals surface area contributed by atoms with Crippen LogP contribution >= 0.6 is 15.9 Å². The van der Waals surface area contributed by atoms with Gasteiger partial charge in [-0.3, -0.25) is 4.79 Å². The summed E-state index contributed by atoms with van der Waals surface area (Å²) in [6.07, 6.45) is 0. The average molecular weight is 297 g/mol. The predicted octanol–water partition coefficient (Wildman–Crippen LogP) is 3.96. The fraction of sp³-hybridized carbons (Fsp3) is 0. The molecule has 17 heavy (non-hydrogen) atoms. The summed E-state index contributed by atoms with van der Waals surface area (Å²) in [5.41, 5.74) is 0.0602. The summed E-state index contributed by atoms with van der Waals surface area (Å²) in [5, 5.41) is 0. The van der Waals surface area contributed by atoms with E-state index in [4.69, 9.17) is 0 Å². The Balaban J connectivity index is 2.44. The van der Waals surface area contributed by atoms with Crippen molar-refractivity contribution in [1.82, 2.24) is 0 Å². The highest BCUT2D eigenvalue weighted by molar-refractivity contribution is 9.10. The summed E-state index contributed by atoms with van der Waals surface area (Å²) >= 11 is 3.23. The van der Waals surface area contributed by atoms with Gasteiger partial charge in [0.25, 0.3) is 0 Å². The van der Waals surface area contributed by atoms with Gasteiger partial charge in [-0.15, -0.1) is 0 Å². The second-order valence-electron chi connectivity index (χ2n) is 3.44. The second kappa shape index (κ2) is 4.75. The lowest BCUT2D eigenvalue weighted by Crippen LogP contribution is -2.05. The molecule has 0 aliphatic heterocycles. The average Bonchev–Trinajstić information content (AvgIpc) is 2.33. The molecule has 0 saturated carbocycles. The summed E-state index contributed by atoms with van der Waals surface area (Å²) in [4.78, 5) is 11.9. The van der Waals surface area contributed by atoms with E-state index in [9.17, 15) is 13.6 Å². The third-order valence-corrected chi connectivity index (χ3v) is 2.83. The molecule has 0 spiro atoms. The van der Waals surface area contributed by atoms with E-state index in [2.05, 4.69) is 15.9 Å². The van der Waals surface area contributed by atoms with E-state index in [1.807, 2.05) is 0 Å². The Labute approximate surface area is 105 Å². The summed E-state index contributed by atoms with van der Waals surface area (Å²) < 4.78 is 27.2. The van der Waals surface area contributed by atoms with E-state index in [1.54, 1.807) is 24.3 Å². The Bertz CT molecular complexity index is 564. The quantitative estimate of drug-likeness (QED) is 0.767. The Morgan fingerprint density at radius 2 is 1.65 bits per heavy atom. The highest BCUT2D eigenvalue weighted by Crippen LogP contribution is 2.17. The highest BCUT2D eigenvalue weighted by atomic mass is 79.9. The molecule has 0 amide bonds. The lowest BCUT2D eigenvalue weighted by molar-refractivity contribution is 0.103. The van der Waals surface area contributed by atoms with E-state index in [1.165, 1.54) is 12.1 Å². The summed E-state index contributed by atoms with van der Waals surface area (Å²) in [6.45, 7) is 0. The van der Waals surface area contributed by atoms with E-state index in [0.717, 1.165) is 10.5 Å². The van der Waals surface area contributed by atoms with Gasteiger partial charge in [0.05, 0.1) is 5.56 Å². The number of carbonyl (C=O) groups is 1. The van der Waals surface area contributed by atoms with Crippen molar-refractivity contribution in [2.75, 3.05) is 0 Å². The smallest absolute Gasteiger partial charge is 0.196 e. The second-order valence-corrected chi connectivity index (χ2v) is 4.35. The minimum absolute atomic E-state index is 0.257. The van der Waals surface area contributed by atoms with Crippen LogP contribution in [0.1, 0.15) is 15.9 Å². The first-order valence-electron chi connectivity index (χ1n) is 4.84. The van der Waals surface area contributed by atoms with Crippen molar-refractivity contribution in [3.63, 3.8) is 0 Å². The zero-order chi connectivity index (χ0) is 12.4. The van der Waals surface area contributed by atoms with Gasteiger partial charge in [0.1, 0.15) is 0 Å². The van der Waals surface area contributed by atoms with Crippen LogP contribution in [0.4, 0.5) is 8.78 Å². The molecule has 1 nitrogen and oxygen atoms in total. The molecule has 0 saturated heterocycles. The molecule has 0 aliphatic carbocycles. The third kappa shape index (κ3) is 2.42. The molecule has 0 radical (unpaired) electrons. The molecule has 2 rings (SSSR count). The van der Waals surface area contributed by atoms with Crippen LogP contribution in [0.15, 0.2) is 46.9 Å². The molecule has 4 heteroatoms. The van der Waals surface area contributed by atoms with Crippen LogP contribution in [-0.2, 0) is 0 Å². The normalized spacial score (nSPS) is 10.3. The molecule has 2 aromatic rings. The number of rotatable bonds is 2. The molecule has 0 N–H and O–H groups in total. The summed E-state index contributed by atoms with van der Waals surface area (Å²) in [7, 11) is 0. The van der Waals surface area contributed by atoms with Crippen molar-refractivity contribution in [1.29, 1.82) is 0 Å². The Kier molecular flexibility index (Phi) is 3.33. The molecule has 0 atom stereocenters. The van der Waals surface area contributed by atoms with Crippen LogP contribution in [0.25, 0.3) is 0 Å². The van der Waals surface area contributed by atoms with Gasteiger partial charge < -0.3 is 0 Å². The van der Waals surface area contributed by atoms with Crippen LogP contribution in [0.5, 0.6) is 0 Å². The van der Waals surface area contributed by atoms with Crippen LogP contribution in [0.2, 0.25) is 0 Å². The molecule has 86 valence electrons. The molecule has 0 aromatic heterocycles. The van der Waals surface area contributed by atoms with Crippen LogP contribution in [-0.4, -0.2) is 5.78 Å². The lowest BCUT2D eigenvalue weighted by Gasteiger charge is -2.03. The Morgan fingerprint density at radius 3 is 2.29 bits per heavy atom. The molecule has 0 heterocycles. The third-order valence-electron chi connectivity index (χ3n) is 2.30. The fourth-order valence-electron chi connectivity index (χ4n) is 1.44. The molecular formula is C13H7BrF2O. The first-order valence-corrected chi connectivity index (χ1v) is 5.63. The van der Waals surface area contributed by atoms with Gasteiger partial charge in [-0.2, -0.15) is 0 Å². The largest absolute Gasteiger partial charge is 0.288 e. The maximum absolute atomic E-state index is 13.4. The fourth-order valence-corrected chi connectivity index (χ4v) is 1.70. The van der Waals surface area contributed by atoms with Crippen LogP contribution < -0.4 is 0 Å². The molecule has 0 unspecified atom stereocenters. The number of halogens is 3. The van der Waals surface area contributed by atoms with Crippen LogP contribution in [0, 0.1) is 11.6 Å². The minimum Gasteiger partial charge on any atom is -0.288 e. The highest BCUT2D eigenvalue weighted by Gasteiger charge is 2.16. The monoisotopic (exact) mass is 296 g/mol.